The van der Waals surface area contributed by atoms with Crippen molar-refractivity contribution in [3.8, 4) is 5.75 Å². The van der Waals surface area contributed by atoms with Gasteiger partial charge in [0.15, 0.2) is 0 Å². The summed E-state index contributed by atoms with van der Waals surface area (Å²) in [5.74, 6) is -0.102. The largest absolute Gasteiger partial charge is 0.497 e. The van der Waals surface area contributed by atoms with Crippen LogP contribution < -0.4 is 4.90 Å². The van der Waals surface area contributed by atoms with E-state index in [9.17, 15) is 30.3 Å². The molecule has 29 heavy (non-hydrogen) atoms. The molecular weight excluding hydrogens is 454 g/mol. The fourth-order valence-corrected chi connectivity index (χ4v) is 2.99. The van der Waals surface area contributed by atoms with Gasteiger partial charge in [0, 0.05) is 23.8 Å². The topological polar surface area (TPSA) is 166 Å². The van der Waals surface area contributed by atoms with Crippen LogP contribution in [0.15, 0.2) is 34.9 Å². The summed E-state index contributed by atoms with van der Waals surface area (Å²) in [5.41, 5.74) is -3.00. The molecule has 0 bridgehead atoms. The van der Waals surface area contributed by atoms with Crippen LogP contribution in [0.1, 0.15) is 19.3 Å². The molecule has 2 aromatic rings. The molecule has 0 atom stereocenters. The Morgan fingerprint density at radius 2 is 1.48 bits per heavy atom. The van der Waals surface area contributed by atoms with E-state index in [2.05, 4.69) is 31.9 Å². The number of hydrogen-bond acceptors (Lipinski definition) is 9. The van der Waals surface area contributed by atoms with E-state index in [4.69, 9.17) is 5.11 Å². The Bertz CT molecular complexity index is 899. The van der Waals surface area contributed by atoms with Gasteiger partial charge in [-0.1, -0.05) is 15.9 Å². The van der Waals surface area contributed by atoms with Crippen molar-refractivity contribution in [2.45, 2.75) is 19.3 Å². The van der Waals surface area contributed by atoms with Gasteiger partial charge in [0.05, 0.1) is 26.9 Å². The molecule has 1 aromatic heterocycles. The molecule has 1 fully saturated rings. The summed E-state index contributed by atoms with van der Waals surface area (Å²) in [6, 6.07) is 4.95. The number of benzene rings is 1. The predicted molar refractivity (Wildman–Crippen MR) is 106 cm³/mol. The van der Waals surface area contributed by atoms with Crippen LogP contribution in [0.4, 0.5) is 22.9 Å². The lowest BCUT2D eigenvalue weighted by atomic mass is 10.1. The molecule has 1 aliphatic heterocycles. The summed E-state index contributed by atoms with van der Waals surface area (Å²) in [5, 5.41) is 40.2. The molecule has 3 rings (SSSR count). The highest BCUT2D eigenvalue weighted by molar-refractivity contribution is 9.10. The van der Waals surface area contributed by atoms with E-state index in [0.717, 1.165) is 23.4 Å². The summed E-state index contributed by atoms with van der Waals surface area (Å²) in [6.07, 6.45) is 5.82. The lowest BCUT2D eigenvalue weighted by Crippen LogP contribution is -2.29. The third-order valence-corrected chi connectivity index (χ3v) is 4.54. The summed E-state index contributed by atoms with van der Waals surface area (Å²) >= 11 is 3.46. The second-order valence-electron chi connectivity index (χ2n) is 5.98. The molecule has 1 aromatic carbocycles. The van der Waals surface area contributed by atoms with Crippen molar-refractivity contribution in [2.24, 2.45) is 0 Å². The quantitative estimate of drug-likeness (QED) is 0.514. The molecule has 0 spiro atoms. The maximum Gasteiger partial charge on any atom is 0.324 e. The maximum atomic E-state index is 10.4. The van der Waals surface area contributed by atoms with Crippen LogP contribution in [-0.4, -0.2) is 37.9 Å². The van der Waals surface area contributed by atoms with Gasteiger partial charge < -0.3 is 10.0 Å². The fourth-order valence-electron chi connectivity index (χ4n) is 2.66. The van der Waals surface area contributed by atoms with E-state index in [1.165, 1.54) is 19.3 Å². The first-order chi connectivity index (χ1) is 13.7. The van der Waals surface area contributed by atoms with Gasteiger partial charge in [0.2, 0.25) is 0 Å². The smallest absolute Gasteiger partial charge is 0.324 e. The Kier molecular flexibility index (Phi) is 7.36. The summed E-state index contributed by atoms with van der Waals surface area (Å²) < 4.78 is 1.11. The molecule has 1 saturated heterocycles. The van der Waals surface area contributed by atoms with E-state index in [1.54, 1.807) is 0 Å². The highest BCUT2D eigenvalue weighted by Crippen LogP contribution is 2.38. The number of halogens is 1. The van der Waals surface area contributed by atoms with Gasteiger partial charge in [0.25, 0.3) is 11.4 Å². The normalized spacial score (nSPS) is 13.2. The van der Waals surface area contributed by atoms with Gasteiger partial charge in [0.1, 0.15) is 5.82 Å². The number of nitro groups is 3. The number of aromatic nitrogens is 1. The number of hydrogen-bond donors (Lipinski definition) is 1. The van der Waals surface area contributed by atoms with Crippen LogP contribution in [0.5, 0.6) is 5.75 Å². The number of anilines is 1. The summed E-state index contributed by atoms with van der Waals surface area (Å²) in [7, 11) is 0. The van der Waals surface area contributed by atoms with E-state index in [0.29, 0.717) is 12.1 Å². The molecule has 1 N–H and O–H groups in total. The van der Waals surface area contributed by atoms with Crippen LogP contribution in [0, 0.1) is 30.3 Å². The number of phenols is 1. The molecular formula is C16H16BrN5O7. The van der Waals surface area contributed by atoms with Crippen LogP contribution >= 0.6 is 15.9 Å². The van der Waals surface area contributed by atoms with Gasteiger partial charge in [-0.05, 0) is 31.4 Å². The first kappa shape index (κ1) is 21.9. The number of aromatic hydroxyl groups is 1. The van der Waals surface area contributed by atoms with E-state index in [-0.39, 0.29) is 0 Å². The Hall–Kier alpha value is -3.35. The first-order valence-corrected chi connectivity index (χ1v) is 9.16. The Morgan fingerprint density at radius 1 is 0.931 bits per heavy atom. The Balaban J connectivity index is 0.000000211. The third-order valence-electron chi connectivity index (χ3n) is 4.05. The van der Waals surface area contributed by atoms with E-state index >= 15 is 0 Å². The van der Waals surface area contributed by atoms with E-state index < -0.39 is 37.6 Å². The van der Waals surface area contributed by atoms with Crippen LogP contribution in [0.3, 0.4) is 0 Å². The van der Waals surface area contributed by atoms with E-state index in [1.807, 2.05) is 12.3 Å². The molecule has 0 aliphatic carbocycles. The van der Waals surface area contributed by atoms with Crippen molar-refractivity contribution in [3.05, 3.63) is 65.3 Å². The molecule has 0 unspecified atom stereocenters. The first-order valence-electron chi connectivity index (χ1n) is 8.37. The molecule has 12 nitrogen and oxygen atoms in total. The van der Waals surface area contributed by atoms with Crippen molar-refractivity contribution in [1.29, 1.82) is 0 Å². The number of rotatable bonds is 4. The minimum Gasteiger partial charge on any atom is -0.497 e. The molecule has 154 valence electrons. The van der Waals surface area contributed by atoms with Gasteiger partial charge >= 0.3 is 11.4 Å². The minimum atomic E-state index is -1.21. The van der Waals surface area contributed by atoms with Gasteiger partial charge in [-0.15, -0.1) is 0 Å². The zero-order valence-corrected chi connectivity index (χ0v) is 16.5. The highest BCUT2D eigenvalue weighted by atomic mass is 79.9. The lowest BCUT2D eigenvalue weighted by molar-refractivity contribution is -0.404. The minimum absolute atomic E-state index is 0.447. The zero-order valence-electron chi connectivity index (χ0n) is 14.9. The van der Waals surface area contributed by atoms with Crippen molar-refractivity contribution in [2.75, 3.05) is 18.0 Å². The number of nitrogens with zero attached hydrogens (tertiary/aromatic N) is 5. The Labute approximate surface area is 172 Å². The molecule has 0 saturated carbocycles. The van der Waals surface area contributed by atoms with Gasteiger partial charge in [-0.3, -0.25) is 30.3 Å². The lowest BCUT2D eigenvalue weighted by Gasteiger charge is -2.27. The molecule has 0 radical (unpaired) electrons. The van der Waals surface area contributed by atoms with Crippen LogP contribution in [0.2, 0.25) is 0 Å². The standard InChI is InChI=1S/C10H13BrN2.C6H3N3O7/c11-9-4-5-12-10(8-9)13-6-2-1-3-7-13;10-6-4(8(13)14)1-3(7(11)12)2-5(6)9(15)16/h4-5,8H,1-3,6-7H2;1-2,10H. The average Bonchev–Trinajstić information content (AvgIpc) is 2.68. The van der Waals surface area contributed by atoms with Crippen LogP contribution in [0.25, 0.3) is 0 Å². The summed E-state index contributed by atoms with van der Waals surface area (Å²) in [4.78, 5) is 34.5. The van der Waals surface area contributed by atoms with Crippen molar-refractivity contribution in [1.82, 2.24) is 4.98 Å². The average molecular weight is 470 g/mol. The Morgan fingerprint density at radius 3 is 1.93 bits per heavy atom. The predicted octanol–water partition coefficient (Wildman–Crippen LogP) is 3.95. The van der Waals surface area contributed by atoms with Crippen LogP contribution in [-0.2, 0) is 0 Å². The number of nitro benzene ring substituents is 3. The SMILES string of the molecule is Brc1ccnc(N2CCCCC2)c1.O=[N+]([O-])c1cc([N+](=O)[O-])c(O)c([N+](=O)[O-])c1. The monoisotopic (exact) mass is 469 g/mol. The summed E-state index contributed by atoms with van der Waals surface area (Å²) in [6.45, 7) is 2.31. The number of pyridine rings is 1. The zero-order chi connectivity index (χ0) is 21.6. The molecule has 1 aliphatic rings. The van der Waals surface area contributed by atoms with Gasteiger partial charge in [-0.25, -0.2) is 4.98 Å². The van der Waals surface area contributed by atoms with Crippen molar-refractivity contribution < 1.29 is 19.9 Å². The molecule has 2 heterocycles. The van der Waals surface area contributed by atoms with Gasteiger partial charge in [-0.2, -0.15) is 0 Å². The number of non-ortho nitro benzene ring substituents is 1. The second kappa shape index (κ2) is 9.73. The molecule has 0 amide bonds. The number of piperidine rings is 1. The third kappa shape index (κ3) is 5.81. The second-order valence-corrected chi connectivity index (χ2v) is 6.90. The van der Waals surface area contributed by atoms with Crippen molar-refractivity contribution >= 4 is 38.8 Å². The highest BCUT2D eigenvalue weighted by Gasteiger charge is 2.30. The fraction of sp³-hybridized carbons (Fsp3) is 0.312. The van der Waals surface area contributed by atoms with Crippen molar-refractivity contribution in [3.63, 3.8) is 0 Å². The molecule has 13 heteroatoms. The number of phenolic OH excluding ortho intramolecular Hbond substituents is 1. The maximum absolute atomic E-state index is 10.4.